The molecule has 1 N–H and O–H groups in total. The normalized spacial score (nSPS) is 13.7. The molecule has 0 amide bonds. The molecule has 0 radical (unpaired) electrons. The van der Waals surface area contributed by atoms with Crippen LogP contribution in [0.25, 0.3) is 16.9 Å². The van der Waals surface area contributed by atoms with E-state index in [2.05, 4.69) is 32.3 Å². The number of nitrogens with one attached hydrogen (secondary N) is 1. The Bertz CT molecular complexity index is 889. The van der Waals surface area contributed by atoms with E-state index in [0.717, 1.165) is 58.8 Å². The van der Waals surface area contributed by atoms with Gasteiger partial charge in [0.05, 0.1) is 18.5 Å². The Balaban J connectivity index is 1.86. The van der Waals surface area contributed by atoms with Crippen LogP contribution in [0.5, 0.6) is 5.75 Å². The zero-order valence-electron chi connectivity index (χ0n) is 14.0. The van der Waals surface area contributed by atoms with Crippen LogP contribution in [-0.4, -0.2) is 28.4 Å². The second-order valence-electron chi connectivity index (χ2n) is 6.06. The first-order chi connectivity index (χ1) is 12.3. The highest BCUT2D eigenvalue weighted by atomic mass is 79.9. The van der Waals surface area contributed by atoms with E-state index in [-0.39, 0.29) is 0 Å². The lowest BCUT2D eigenvalue weighted by Crippen LogP contribution is -2.07. The summed E-state index contributed by atoms with van der Waals surface area (Å²) in [4.78, 5) is 4.30. The van der Waals surface area contributed by atoms with Gasteiger partial charge in [0.25, 0.3) is 0 Å². The van der Waals surface area contributed by atoms with Gasteiger partial charge in [-0.2, -0.15) is 5.10 Å². The van der Waals surface area contributed by atoms with Crippen LogP contribution in [0.15, 0.2) is 47.2 Å². The van der Waals surface area contributed by atoms with Crippen molar-refractivity contribution in [2.24, 2.45) is 0 Å². The minimum Gasteiger partial charge on any atom is -0.497 e. The molecule has 3 aromatic rings. The molecule has 0 spiro atoms. The highest BCUT2D eigenvalue weighted by Crippen LogP contribution is 2.34. The maximum atomic E-state index is 5.27. The number of benzene rings is 1. The fraction of sp³-hybridized carbons (Fsp3) is 0.263. The number of fused-ring (bicyclic) bond motifs is 1. The van der Waals surface area contributed by atoms with Crippen molar-refractivity contribution in [2.75, 3.05) is 19.0 Å². The largest absolute Gasteiger partial charge is 0.497 e. The van der Waals surface area contributed by atoms with Crippen molar-refractivity contribution in [3.05, 3.63) is 52.8 Å². The van der Waals surface area contributed by atoms with Crippen molar-refractivity contribution in [3.63, 3.8) is 0 Å². The molecule has 128 valence electrons. The SMILES string of the molecule is COc1ccc(-n2nc(-c3cncc(Br)c3)c3c2NCCCC3)cc1. The van der Waals surface area contributed by atoms with Crippen molar-refractivity contribution in [1.82, 2.24) is 14.8 Å². The summed E-state index contributed by atoms with van der Waals surface area (Å²) in [5, 5.41) is 8.49. The maximum Gasteiger partial charge on any atom is 0.133 e. The van der Waals surface area contributed by atoms with Crippen LogP contribution in [0.4, 0.5) is 5.82 Å². The number of pyridine rings is 1. The molecular weight excluding hydrogens is 380 g/mol. The minimum atomic E-state index is 0.839. The van der Waals surface area contributed by atoms with Gasteiger partial charge in [-0.15, -0.1) is 0 Å². The second-order valence-corrected chi connectivity index (χ2v) is 6.98. The number of anilines is 1. The topological polar surface area (TPSA) is 52.0 Å². The molecule has 1 aliphatic heterocycles. The van der Waals surface area contributed by atoms with E-state index in [9.17, 15) is 0 Å². The number of aromatic nitrogens is 3. The van der Waals surface area contributed by atoms with E-state index in [1.165, 1.54) is 5.56 Å². The van der Waals surface area contributed by atoms with Crippen LogP contribution in [0.2, 0.25) is 0 Å². The van der Waals surface area contributed by atoms with Gasteiger partial charge < -0.3 is 10.1 Å². The third kappa shape index (κ3) is 3.14. The number of ether oxygens (including phenoxy) is 1. The number of nitrogens with zero attached hydrogens (tertiary/aromatic N) is 3. The fourth-order valence-corrected chi connectivity index (χ4v) is 3.55. The second kappa shape index (κ2) is 6.88. The quantitative estimate of drug-likeness (QED) is 0.707. The van der Waals surface area contributed by atoms with Gasteiger partial charge in [-0.25, -0.2) is 4.68 Å². The van der Waals surface area contributed by atoms with Crippen LogP contribution in [-0.2, 0) is 6.42 Å². The fourth-order valence-electron chi connectivity index (χ4n) is 3.19. The molecule has 0 aliphatic carbocycles. The van der Waals surface area contributed by atoms with Gasteiger partial charge in [-0.1, -0.05) is 0 Å². The molecule has 0 atom stereocenters. The average molecular weight is 399 g/mol. The molecule has 6 heteroatoms. The molecule has 1 aliphatic rings. The number of rotatable bonds is 3. The Labute approximate surface area is 155 Å². The predicted molar refractivity (Wildman–Crippen MR) is 102 cm³/mol. The van der Waals surface area contributed by atoms with Gasteiger partial charge in [-0.05, 0) is 65.5 Å². The minimum absolute atomic E-state index is 0.839. The van der Waals surface area contributed by atoms with Gasteiger partial charge in [0.1, 0.15) is 11.6 Å². The molecule has 0 saturated heterocycles. The van der Waals surface area contributed by atoms with Crippen LogP contribution in [0.1, 0.15) is 18.4 Å². The Kier molecular flexibility index (Phi) is 4.44. The van der Waals surface area contributed by atoms with Gasteiger partial charge in [-0.3, -0.25) is 4.98 Å². The van der Waals surface area contributed by atoms with Crippen LogP contribution in [0.3, 0.4) is 0 Å². The van der Waals surface area contributed by atoms with Crippen molar-refractivity contribution in [3.8, 4) is 22.7 Å². The summed E-state index contributed by atoms with van der Waals surface area (Å²) < 4.78 is 8.22. The van der Waals surface area contributed by atoms with Crippen LogP contribution >= 0.6 is 15.9 Å². The summed E-state index contributed by atoms with van der Waals surface area (Å²) in [6.07, 6.45) is 6.99. The highest BCUT2D eigenvalue weighted by molar-refractivity contribution is 9.10. The molecule has 4 rings (SSSR count). The van der Waals surface area contributed by atoms with Gasteiger partial charge in [0.2, 0.25) is 0 Å². The summed E-state index contributed by atoms with van der Waals surface area (Å²) in [5.74, 6) is 1.92. The molecule has 5 nitrogen and oxygen atoms in total. The Morgan fingerprint density at radius 2 is 2.00 bits per heavy atom. The maximum absolute atomic E-state index is 5.27. The van der Waals surface area contributed by atoms with E-state index in [1.807, 2.05) is 35.1 Å². The van der Waals surface area contributed by atoms with E-state index in [0.29, 0.717) is 0 Å². The summed E-state index contributed by atoms with van der Waals surface area (Å²) >= 11 is 3.51. The lowest BCUT2D eigenvalue weighted by atomic mass is 10.1. The predicted octanol–water partition coefficient (Wildman–Crippen LogP) is 4.45. The molecule has 0 unspecified atom stereocenters. The third-order valence-electron chi connectivity index (χ3n) is 4.42. The van der Waals surface area contributed by atoms with Gasteiger partial charge >= 0.3 is 0 Å². The lowest BCUT2D eigenvalue weighted by molar-refractivity contribution is 0.414. The van der Waals surface area contributed by atoms with E-state index < -0.39 is 0 Å². The smallest absolute Gasteiger partial charge is 0.133 e. The van der Waals surface area contributed by atoms with E-state index in [1.54, 1.807) is 13.3 Å². The van der Waals surface area contributed by atoms with E-state index >= 15 is 0 Å². The Hall–Kier alpha value is -2.34. The van der Waals surface area contributed by atoms with E-state index in [4.69, 9.17) is 9.84 Å². The molecule has 0 bridgehead atoms. The Morgan fingerprint density at radius 3 is 2.76 bits per heavy atom. The lowest BCUT2D eigenvalue weighted by Gasteiger charge is -2.09. The zero-order valence-corrected chi connectivity index (χ0v) is 15.6. The van der Waals surface area contributed by atoms with Crippen LogP contribution in [0, 0.1) is 0 Å². The van der Waals surface area contributed by atoms with Crippen molar-refractivity contribution in [2.45, 2.75) is 19.3 Å². The Morgan fingerprint density at radius 1 is 1.16 bits per heavy atom. The van der Waals surface area contributed by atoms with Crippen LogP contribution < -0.4 is 10.1 Å². The first kappa shape index (κ1) is 16.1. The monoisotopic (exact) mass is 398 g/mol. The standard InChI is InChI=1S/C19H19BrN4O/c1-25-16-7-5-15(6-8-16)24-19-17(4-2-3-9-22-19)18(23-24)13-10-14(20)12-21-11-13/h5-8,10-12,22H,2-4,9H2,1H3. The highest BCUT2D eigenvalue weighted by Gasteiger charge is 2.22. The average Bonchev–Trinajstić information content (AvgIpc) is 2.83. The summed E-state index contributed by atoms with van der Waals surface area (Å²) in [7, 11) is 1.68. The molecule has 2 aromatic heterocycles. The number of hydrogen-bond donors (Lipinski definition) is 1. The summed E-state index contributed by atoms with van der Waals surface area (Å²) in [6, 6.07) is 10.0. The number of hydrogen-bond acceptors (Lipinski definition) is 4. The molecule has 1 aromatic carbocycles. The van der Waals surface area contributed by atoms with Crippen molar-refractivity contribution < 1.29 is 4.74 Å². The first-order valence-corrected chi connectivity index (χ1v) is 9.16. The molecule has 0 saturated carbocycles. The molecular formula is C19H19BrN4O. The third-order valence-corrected chi connectivity index (χ3v) is 4.86. The molecule has 25 heavy (non-hydrogen) atoms. The number of methoxy groups -OCH3 is 1. The zero-order chi connectivity index (χ0) is 17.2. The number of halogens is 1. The van der Waals surface area contributed by atoms with Crippen molar-refractivity contribution >= 4 is 21.7 Å². The molecule has 3 heterocycles. The molecule has 0 fully saturated rings. The van der Waals surface area contributed by atoms with Gasteiger partial charge in [0, 0.05) is 34.5 Å². The van der Waals surface area contributed by atoms with Crippen molar-refractivity contribution in [1.29, 1.82) is 0 Å². The summed E-state index contributed by atoms with van der Waals surface area (Å²) in [6.45, 7) is 0.963. The van der Waals surface area contributed by atoms with Gasteiger partial charge in [0.15, 0.2) is 0 Å². The first-order valence-electron chi connectivity index (χ1n) is 8.37. The summed E-state index contributed by atoms with van der Waals surface area (Å²) in [5.41, 5.74) is 4.30.